The SMILES string of the molecule is c1ccc2oc(CCCN3CCC[C@H](c4ccn[nH]4)C3)nc2c1. The number of rotatable bonds is 5. The number of piperidine rings is 1. The first-order valence-electron chi connectivity index (χ1n) is 8.44. The molecule has 1 aromatic carbocycles. The second kappa shape index (κ2) is 6.54. The molecule has 1 atom stereocenters. The third kappa shape index (κ3) is 3.29. The normalized spacial score (nSPS) is 19.4. The fourth-order valence-electron chi connectivity index (χ4n) is 3.49. The Labute approximate surface area is 135 Å². The summed E-state index contributed by atoms with van der Waals surface area (Å²) < 4.78 is 5.79. The van der Waals surface area contributed by atoms with E-state index < -0.39 is 0 Å². The van der Waals surface area contributed by atoms with Crippen molar-refractivity contribution in [3.05, 3.63) is 48.1 Å². The second-order valence-electron chi connectivity index (χ2n) is 6.33. The lowest BCUT2D eigenvalue weighted by Crippen LogP contribution is -2.35. The van der Waals surface area contributed by atoms with Crippen LogP contribution < -0.4 is 0 Å². The molecule has 1 fully saturated rings. The van der Waals surface area contributed by atoms with E-state index in [1.807, 2.05) is 30.5 Å². The minimum absolute atomic E-state index is 0.593. The molecule has 3 heterocycles. The number of aryl methyl sites for hydroxylation is 1. The molecule has 0 unspecified atom stereocenters. The van der Waals surface area contributed by atoms with Crippen LogP contribution in [0.2, 0.25) is 0 Å². The summed E-state index contributed by atoms with van der Waals surface area (Å²) >= 11 is 0. The van der Waals surface area contributed by atoms with Gasteiger partial charge in [-0.3, -0.25) is 5.10 Å². The summed E-state index contributed by atoms with van der Waals surface area (Å²) in [6.07, 6.45) is 6.35. The van der Waals surface area contributed by atoms with Crippen molar-refractivity contribution in [2.45, 2.75) is 31.6 Å². The van der Waals surface area contributed by atoms with Crippen molar-refractivity contribution in [2.24, 2.45) is 0 Å². The smallest absolute Gasteiger partial charge is 0.195 e. The zero-order chi connectivity index (χ0) is 15.5. The Bertz CT molecular complexity index is 716. The summed E-state index contributed by atoms with van der Waals surface area (Å²) in [5.74, 6) is 1.45. The van der Waals surface area contributed by atoms with Crippen molar-refractivity contribution in [3.63, 3.8) is 0 Å². The molecular weight excluding hydrogens is 288 g/mol. The summed E-state index contributed by atoms with van der Waals surface area (Å²) in [7, 11) is 0. The first kappa shape index (κ1) is 14.5. The molecular formula is C18H22N4O. The molecule has 1 aliphatic heterocycles. The first-order chi connectivity index (χ1) is 11.4. The third-order valence-electron chi connectivity index (χ3n) is 4.67. The van der Waals surface area contributed by atoms with Gasteiger partial charge in [-0.1, -0.05) is 12.1 Å². The van der Waals surface area contributed by atoms with Crippen LogP contribution in [0.3, 0.4) is 0 Å². The van der Waals surface area contributed by atoms with Crippen molar-refractivity contribution < 1.29 is 4.42 Å². The Morgan fingerprint density at radius 1 is 1.26 bits per heavy atom. The highest BCUT2D eigenvalue weighted by Crippen LogP contribution is 2.25. The van der Waals surface area contributed by atoms with Crippen LogP contribution in [0.25, 0.3) is 11.1 Å². The Balaban J connectivity index is 1.30. The van der Waals surface area contributed by atoms with Gasteiger partial charge in [-0.05, 0) is 50.6 Å². The molecule has 2 aromatic heterocycles. The summed E-state index contributed by atoms with van der Waals surface area (Å²) in [5, 5.41) is 7.20. The monoisotopic (exact) mass is 310 g/mol. The number of benzene rings is 1. The highest BCUT2D eigenvalue weighted by Gasteiger charge is 2.21. The number of para-hydroxylation sites is 2. The average molecular weight is 310 g/mol. The van der Waals surface area contributed by atoms with Gasteiger partial charge in [0.1, 0.15) is 5.52 Å². The van der Waals surface area contributed by atoms with Crippen molar-refractivity contribution in [2.75, 3.05) is 19.6 Å². The molecule has 4 rings (SSSR count). The predicted octanol–water partition coefficient (Wildman–Crippen LogP) is 3.36. The highest BCUT2D eigenvalue weighted by molar-refractivity contribution is 5.72. The first-order valence-corrected chi connectivity index (χ1v) is 8.44. The van der Waals surface area contributed by atoms with Gasteiger partial charge in [0.15, 0.2) is 11.5 Å². The molecule has 23 heavy (non-hydrogen) atoms. The molecule has 0 amide bonds. The number of likely N-dealkylation sites (tertiary alicyclic amines) is 1. The van der Waals surface area contributed by atoms with Crippen LogP contribution in [0.4, 0.5) is 0 Å². The molecule has 0 radical (unpaired) electrons. The predicted molar refractivity (Wildman–Crippen MR) is 89.3 cm³/mol. The molecule has 3 aromatic rings. The number of oxazole rings is 1. The summed E-state index contributed by atoms with van der Waals surface area (Å²) in [6.45, 7) is 3.41. The van der Waals surface area contributed by atoms with Gasteiger partial charge in [0, 0.05) is 30.8 Å². The molecule has 5 nitrogen and oxygen atoms in total. The van der Waals surface area contributed by atoms with Crippen molar-refractivity contribution >= 4 is 11.1 Å². The van der Waals surface area contributed by atoms with Gasteiger partial charge < -0.3 is 9.32 Å². The third-order valence-corrected chi connectivity index (χ3v) is 4.67. The van der Waals surface area contributed by atoms with Gasteiger partial charge in [0.05, 0.1) is 0 Å². The molecule has 5 heteroatoms. The number of H-pyrrole nitrogens is 1. The number of aromatic amines is 1. The molecule has 0 spiro atoms. The van der Waals surface area contributed by atoms with Crippen LogP contribution in [0, 0.1) is 0 Å². The summed E-state index contributed by atoms with van der Waals surface area (Å²) in [6, 6.07) is 10.1. The standard InChI is InChI=1S/C18H22N4O/c1-2-7-17-16(6-1)20-18(23-17)8-4-12-22-11-3-5-14(13-22)15-9-10-19-21-15/h1-2,6-7,9-10,14H,3-5,8,11-13H2,(H,19,21)/t14-/m0/s1. The van der Waals surface area contributed by atoms with E-state index in [2.05, 4.69) is 26.1 Å². The van der Waals surface area contributed by atoms with Gasteiger partial charge in [0.25, 0.3) is 0 Å². The van der Waals surface area contributed by atoms with Crippen molar-refractivity contribution in [1.29, 1.82) is 0 Å². The molecule has 1 saturated heterocycles. The zero-order valence-electron chi connectivity index (χ0n) is 13.2. The van der Waals surface area contributed by atoms with E-state index in [4.69, 9.17) is 4.42 Å². The van der Waals surface area contributed by atoms with Gasteiger partial charge in [0.2, 0.25) is 0 Å². The van der Waals surface area contributed by atoms with E-state index in [0.29, 0.717) is 5.92 Å². The lowest BCUT2D eigenvalue weighted by molar-refractivity contribution is 0.203. The minimum atomic E-state index is 0.593. The Kier molecular flexibility index (Phi) is 4.11. The molecule has 120 valence electrons. The lowest BCUT2D eigenvalue weighted by atomic mass is 9.95. The largest absolute Gasteiger partial charge is 0.441 e. The number of nitrogens with zero attached hydrogens (tertiary/aromatic N) is 3. The van der Waals surface area contributed by atoms with Gasteiger partial charge in [-0.15, -0.1) is 0 Å². The lowest BCUT2D eigenvalue weighted by Gasteiger charge is -2.32. The molecule has 1 N–H and O–H groups in total. The second-order valence-corrected chi connectivity index (χ2v) is 6.33. The van der Waals surface area contributed by atoms with E-state index in [1.165, 1.54) is 25.1 Å². The van der Waals surface area contributed by atoms with Crippen molar-refractivity contribution in [1.82, 2.24) is 20.1 Å². The molecule has 0 aliphatic carbocycles. The number of fused-ring (bicyclic) bond motifs is 1. The maximum Gasteiger partial charge on any atom is 0.195 e. The number of aromatic nitrogens is 3. The number of hydrogen-bond acceptors (Lipinski definition) is 4. The summed E-state index contributed by atoms with van der Waals surface area (Å²) in [4.78, 5) is 7.11. The van der Waals surface area contributed by atoms with Crippen LogP contribution in [-0.4, -0.2) is 39.7 Å². The maximum atomic E-state index is 5.79. The van der Waals surface area contributed by atoms with Crippen LogP contribution in [0.15, 0.2) is 40.9 Å². The molecule has 0 saturated carbocycles. The Hall–Kier alpha value is -2.14. The Morgan fingerprint density at radius 2 is 2.22 bits per heavy atom. The highest BCUT2D eigenvalue weighted by atomic mass is 16.3. The van der Waals surface area contributed by atoms with Crippen molar-refractivity contribution in [3.8, 4) is 0 Å². The number of nitrogens with one attached hydrogen (secondary N) is 1. The number of hydrogen-bond donors (Lipinski definition) is 1. The van der Waals surface area contributed by atoms with Gasteiger partial charge in [-0.25, -0.2) is 4.98 Å². The van der Waals surface area contributed by atoms with E-state index in [1.54, 1.807) is 0 Å². The average Bonchev–Trinajstić information content (AvgIpc) is 3.24. The minimum Gasteiger partial charge on any atom is -0.441 e. The van der Waals surface area contributed by atoms with Crippen LogP contribution in [0.5, 0.6) is 0 Å². The molecule has 1 aliphatic rings. The van der Waals surface area contributed by atoms with E-state index in [9.17, 15) is 0 Å². The van der Waals surface area contributed by atoms with Gasteiger partial charge in [-0.2, -0.15) is 5.10 Å². The quantitative estimate of drug-likeness (QED) is 0.785. The van der Waals surface area contributed by atoms with Crippen LogP contribution in [-0.2, 0) is 6.42 Å². The van der Waals surface area contributed by atoms with E-state index >= 15 is 0 Å². The van der Waals surface area contributed by atoms with Crippen LogP contribution in [0.1, 0.15) is 36.8 Å². The Morgan fingerprint density at radius 3 is 3.09 bits per heavy atom. The molecule has 0 bridgehead atoms. The van der Waals surface area contributed by atoms with Crippen LogP contribution >= 0.6 is 0 Å². The summed E-state index contributed by atoms with van der Waals surface area (Å²) in [5.41, 5.74) is 3.12. The fraction of sp³-hybridized carbons (Fsp3) is 0.444. The van der Waals surface area contributed by atoms with Gasteiger partial charge >= 0.3 is 0 Å². The van der Waals surface area contributed by atoms with E-state index in [0.717, 1.165) is 42.9 Å². The zero-order valence-corrected chi connectivity index (χ0v) is 13.2. The van der Waals surface area contributed by atoms with E-state index in [-0.39, 0.29) is 0 Å². The maximum absolute atomic E-state index is 5.79. The fourth-order valence-corrected chi connectivity index (χ4v) is 3.49. The topological polar surface area (TPSA) is 58.0 Å².